The summed E-state index contributed by atoms with van der Waals surface area (Å²) in [7, 11) is 0. The Morgan fingerprint density at radius 3 is 2.82 bits per heavy atom. The fourth-order valence-corrected chi connectivity index (χ4v) is 3.21. The molecule has 0 bridgehead atoms. The second-order valence-corrected chi connectivity index (χ2v) is 5.91. The Morgan fingerprint density at radius 2 is 2.00 bits per heavy atom. The fraction of sp³-hybridized carbons (Fsp3) is 0.176. The van der Waals surface area contributed by atoms with Gasteiger partial charge in [0, 0.05) is 17.1 Å². The molecule has 1 aliphatic heterocycles. The molecular formula is C17H14ClN3O. The Labute approximate surface area is 132 Å². The van der Waals surface area contributed by atoms with E-state index in [-0.39, 0.29) is 11.9 Å². The Morgan fingerprint density at radius 1 is 1.18 bits per heavy atom. The normalized spacial score (nSPS) is 18.3. The topological polar surface area (TPSA) is 49.0 Å². The zero-order chi connectivity index (χ0) is 15.1. The van der Waals surface area contributed by atoms with Crippen molar-refractivity contribution in [2.24, 2.45) is 0 Å². The zero-order valence-electron chi connectivity index (χ0n) is 11.8. The monoisotopic (exact) mass is 311 g/mol. The number of nitrogens with zero attached hydrogens (tertiary/aromatic N) is 2. The molecule has 0 saturated carbocycles. The van der Waals surface area contributed by atoms with Crippen LogP contribution in [0.3, 0.4) is 0 Å². The molecule has 0 aliphatic carbocycles. The van der Waals surface area contributed by atoms with Crippen molar-refractivity contribution in [1.29, 1.82) is 0 Å². The van der Waals surface area contributed by atoms with Gasteiger partial charge in [0.2, 0.25) is 5.91 Å². The number of halogens is 1. The molecule has 1 unspecified atom stereocenters. The molecule has 1 atom stereocenters. The average Bonchev–Trinajstić information content (AvgIpc) is 3.13. The molecule has 4 nitrogen and oxygen atoms in total. The average molecular weight is 312 g/mol. The van der Waals surface area contributed by atoms with Crippen molar-refractivity contribution < 1.29 is 4.79 Å². The van der Waals surface area contributed by atoms with Gasteiger partial charge in [-0.05, 0) is 42.3 Å². The lowest BCUT2D eigenvalue weighted by atomic mass is 10.0. The maximum absolute atomic E-state index is 12.4. The van der Waals surface area contributed by atoms with Crippen molar-refractivity contribution in [2.45, 2.75) is 18.9 Å². The number of nitrogens with one attached hydrogen (secondary N) is 1. The van der Waals surface area contributed by atoms with E-state index in [1.807, 2.05) is 47.4 Å². The lowest BCUT2D eigenvalue weighted by molar-refractivity contribution is -0.117. The molecule has 0 radical (unpaired) electrons. The van der Waals surface area contributed by atoms with Gasteiger partial charge in [0.1, 0.15) is 0 Å². The number of carbonyl (C=O) groups is 1. The minimum Gasteiger partial charge on any atom is -0.345 e. The third-order valence-corrected chi connectivity index (χ3v) is 4.40. The van der Waals surface area contributed by atoms with Gasteiger partial charge in [0.25, 0.3) is 0 Å². The standard InChI is InChI=1S/C17H14ClN3O/c18-12-3-1-11(2-4-12)16-7-8-17(22)21(16)13-5-6-14-15(9-13)20-10-19-14/h1-6,9-10,16H,7-8H2,(H,19,20). The van der Waals surface area contributed by atoms with Crippen LogP contribution in [-0.4, -0.2) is 15.9 Å². The summed E-state index contributed by atoms with van der Waals surface area (Å²) in [6.07, 6.45) is 3.05. The highest BCUT2D eigenvalue weighted by atomic mass is 35.5. The summed E-state index contributed by atoms with van der Waals surface area (Å²) >= 11 is 5.96. The molecular weight excluding hydrogens is 298 g/mol. The van der Waals surface area contributed by atoms with Crippen LogP contribution in [0.1, 0.15) is 24.4 Å². The number of aromatic amines is 1. The first-order valence-electron chi connectivity index (χ1n) is 7.23. The number of aromatic nitrogens is 2. The van der Waals surface area contributed by atoms with Crippen LogP contribution >= 0.6 is 11.6 Å². The number of rotatable bonds is 2. The maximum Gasteiger partial charge on any atom is 0.227 e. The molecule has 4 rings (SSSR count). The summed E-state index contributed by atoms with van der Waals surface area (Å²) < 4.78 is 0. The van der Waals surface area contributed by atoms with E-state index < -0.39 is 0 Å². The molecule has 0 spiro atoms. The van der Waals surface area contributed by atoms with Crippen LogP contribution in [0.2, 0.25) is 5.02 Å². The highest BCUT2D eigenvalue weighted by Gasteiger charge is 2.33. The largest absolute Gasteiger partial charge is 0.345 e. The number of H-pyrrole nitrogens is 1. The highest BCUT2D eigenvalue weighted by molar-refractivity contribution is 6.30. The number of imidazole rings is 1. The third kappa shape index (κ3) is 2.16. The van der Waals surface area contributed by atoms with E-state index in [9.17, 15) is 4.79 Å². The lowest BCUT2D eigenvalue weighted by Gasteiger charge is -2.25. The predicted molar refractivity (Wildman–Crippen MR) is 87.0 cm³/mol. The van der Waals surface area contributed by atoms with Gasteiger partial charge in [-0.2, -0.15) is 0 Å². The van der Waals surface area contributed by atoms with Gasteiger partial charge < -0.3 is 9.88 Å². The first kappa shape index (κ1) is 13.3. The van der Waals surface area contributed by atoms with Crippen molar-refractivity contribution in [1.82, 2.24) is 9.97 Å². The van der Waals surface area contributed by atoms with Crippen LogP contribution in [0.15, 0.2) is 48.8 Å². The number of hydrogen-bond acceptors (Lipinski definition) is 2. The zero-order valence-corrected chi connectivity index (χ0v) is 12.5. The van der Waals surface area contributed by atoms with E-state index in [2.05, 4.69) is 9.97 Å². The number of hydrogen-bond donors (Lipinski definition) is 1. The molecule has 22 heavy (non-hydrogen) atoms. The molecule has 1 fully saturated rings. The van der Waals surface area contributed by atoms with Crippen LogP contribution in [0.5, 0.6) is 0 Å². The molecule has 3 aromatic rings. The van der Waals surface area contributed by atoms with Gasteiger partial charge in [0.05, 0.1) is 23.4 Å². The van der Waals surface area contributed by atoms with Gasteiger partial charge >= 0.3 is 0 Å². The van der Waals surface area contributed by atoms with Crippen LogP contribution in [0.25, 0.3) is 11.0 Å². The van der Waals surface area contributed by atoms with Crippen molar-refractivity contribution in [3.63, 3.8) is 0 Å². The van der Waals surface area contributed by atoms with Crippen molar-refractivity contribution in [3.8, 4) is 0 Å². The number of fused-ring (bicyclic) bond motifs is 1. The fourth-order valence-electron chi connectivity index (χ4n) is 3.08. The Bertz CT molecular complexity index is 840. The van der Waals surface area contributed by atoms with E-state index in [1.54, 1.807) is 6.33 Å². The maximum atomic E-state index is 12.4. The summed E-state index contributed by atoms with van der Waals surface area (Å²) in [5, 5.41) is 0.707. The molecule has 5 heteroatoms. The second kappa shape index (κ2) is 5.14. The Kier molecular flexibility index (Phi) is 3.12. The molecule has 110 valence electrons. The van der Waals surface area contributed by atoms with Gasteiger partial charge in [0.15, 0.2) is 0 Å². The number of anilines is 1. The highest BCUT2D eigenvalue weighted by Crippen LogP contribution is 2.37. The first-order valence-corrected chi connectivity index (χ1v) is 7.61. The van der Waals surface area contributed by atoms with Crippen molar-refractivity contribution >= 4 is 34.2 Å². The predicted octanol–water partition coefficient (Wildman–Crippen LogP) is 4.08. The van der Waals surface area contributed by atoms with Crippen LogP contribution < -0.4 is 4.90 Å². The van der Waals surface area contributed by atoms with E-state index in [0.29, 0.717) is 11.4 Å². The third-order valence-electron chi connectivity index (χ3n) is 4.15. The van der Waals surface area contributed by atoms with Gasteiger partial charge in [-0.25, -0.2) is 4.98 Å². The second-order valence-electron chi connectivity index (χ2n) is 5.47. The molecule has 2 heterocycles. The SMILES string of the molecule is O=C1CCC(c2ccc(Cl)cc2)N1c1ccc2nc[nH]c2c1. The summed E-state index contributed by atoms with van der Waals surface area (Å²) in [4.78, 5) is 21.6. The Balaban J connectivity index is 1.76. The quantitative estimate of drug-likeness (QED) is 0.775. The molecule has 1 aromatic heterocycles. The smallest absolute Gasteiger partial charge is 0.227 e. The number of carbonyl (C=O) groups excluding carboxylic acids is 1. The molecule has 1 saturated heterocycles. The van der Waals surface area contributed by atoms with Crippen LogP contribution in [-0.2, 0) is 4.79 Å². The van der Waals surface area contributed by atoms with E-state index in [0.717, 1.165) is 28.7 Å². The number of amides is 1. The molecule has 2 aromatic carbocycles. The number of benzene rings is 2. The van der Waals surface area contributed by atoms with Gasteiger partial charge in [-0.1, -0.05) is 23.7 Å². The lowest BCUT2D eigenvalue weighted by Crippen LogP contribution is -2.27. The van der Waals surface area contributed by atoms with Crippen LogP contribution in [0.4, 0.5) is 5.69 Å². The van der Waals surface area contributed by atoms with Crippen LogP contribution in [0, 0.1) is 0 Å². The summed E-state index contributed by atoms with van der Waals surface area (Å²) in [6.45, 7) is 0. The first-order chi connectivity index (χ1) is 10.7. The van der Waals surface area contributed by atoms with Gasteiger partial charge in [-0.15, -0.1) is 0 Å². The van der Waals surface area contributed by atoms with Crippen molar-refractivity contribution in [2.75, 3.05) is 4.90 Å². The molecule has 1 amide bonds. The van der Waals surface area contributed by atoms with E-state index in [1.165, 1.54) is 0 Å². The minimum absolute atomic E-state index is 0.0603. The minimum atomic E-state index is 0.0603. The summed E-state index contributed by atoms with van der Waals surface area (Å²) in [5.74, 6) is 0.152. The van der Waals surface area contributed by atoms with Gasteiger partial charge in [-0.3, -0.25) is 4.79 Å². The van der Waals surface area contributed by atoms with E-state index >= 15 is 0 Å². The summed E-state index contributed by atoms with van der Waals surface area (Å²) in [5.41, 5.74) is 3.85. The summed E-state index contributed by atoms with van der Waals surface area (Å²) in [6, 6.07) is 13.7. The molecule has 1 aliphatic rings. The molecule has 1 N–H and O–H groups in total. The Hall–Kier alpha value is -2.33. The van der Waals surface area contributed by atoms with Crippen molar-refractivity contribution in [3.05, 3.63) is 59.4 Å². The van der Waals surface area contributed by atoms with E-state index in [4.69, 9.17) is 11.6 Å².